The van der Waals surface area contributed by atoms with E-state index in [4.69, 9.17) is 0 Å². The van der Waals surface area contributed by atoms with Crippen molar-refractivity contribution in [1.29, 1.82) is 0 Å². The maximum atomic E-state index is 12.6. The van der Waals surface area contributed by atoms with Gasteiger partial charge >= 0.3 is 0 Å². The third kappa shape index (κ3) is 3.56. The Hall–Kier alpha value is -3.22. The van der Waals surface area contributed by atoms with Crippen LogP contribution in [0.25, 0.3) is 11.0 Å². The Bertz CT molecular complexity index is 993. The number of nitrogens with one attached hydrogen (secondary N) is 1. The quantitative estimate of drug-likeness (QED) is 0.782. The minimum atomic E-state index is -0.246. The molecule has 0 saturated heterocycles. The van der Waals surface area contributed by atoms with E-state index in [1.807, 2.05) is 32.0 Å². The molecule has 0 unspecified atom stereocenters. The van der Waals surface area contributed by atoms with Gasteiger partial charge in [0.15, 0.2) is 0 Å². The van der Waals surface area contributed by atoms with Gasteiger partial charge in [-0.2, -0.15) is 0 Å². The molecule has 0 atom stereocenters. The van der Waals surface area contributed by atoms with Gasteiger partial charge in [0, 0.05) is 25.3 Å². The number of carbonyl (C=O) groups is 2. The average Bonchev–Trinajstić information content (AvgIpc) is 2.98. The zero-order valence-electron chi connectivity index (χ0n) is 15.3. The number of benzene rings is 2. The molecule has 0 aliphatic heterocycles. The second-order valence-corrected chi connectivity index (χ2v) is 6.42. The number of aromatic nitrogens is 3. The van der Waals surface area contributed by atoms with Crippen LogP contribution in [0.1, 0.15) is 21.5 Å². The molecule has 0 bridgehead atoms. The van der Waals surface area contributed by atoms with Gasteiger partial charge in [0.1, 0.15) is 5.52 Å². The predicted octanol–water partition coefficient (Wildman–Crippen LogP) is 2.30. The summed E-state index contributed by atoms with van der Waals surface area (Å²) in [5.41, 5.74) is 4.95. The lowest BCUT2D eigenvalue weighted by molar-refractivity contribution is -0.116. The van der Waals surface area contributed by atoms with E-state index >= 15 is 0 Å². The third-order valence-electron chi connectivity index (χ3n) is 4.38. The van der Waals surface area contributed by atoms with Gasteiger partial charge < -0.3 is 10.2 Å². The van der Waals surface area contributed by atoms with Gasteiger partial charge in [-0.3, -0.25) is 9.59 Å². The van der Waals surface area contributed by atoms with Crippen LogP contribution in [0.2, 0.25) is 0 Å². The molecule has 2 amide bonds. The van der Waals surface area contributed by atoms with Crippen molar-refractivity contribution in [2.45, 2.75) is 13.8 Å². The zero-order valence-corrected chi connectivity index (χ0v) is 15.3. The second kappa shape index (κ2) is 6.95. The maximum absolute atomic E-state index is 12.6. The topological polar surface area (TPSA) is 80.1 Å². The van der Waals surface area contributed by atoms with Gasteiger partial charge in [-0.05, 0) is 55.3 Å². The van der Waals surface area contributed by atoms with Crippen molar-refractivity contribution in [3.05, 3.63) is 53.1 Å². The lowest BCUT2D eigenvalue weighted by Crippen LogP contribution is -2.34. The van der Waals surface area contributed by atoms with E-state index in [1.165, 1.54) is 4.90 Å². The molecule has 26 heavy (non-hydrogen) atoms. The van der Waals surface area contributed by atoms with Crippen LogP contribution in [0.4, 0.5) is 5.69 Å². The van der Waals surface area contributed by atoms with E-state index in [2.05, 4.69) is 15.6 Å². The Morgan fingerprint density at radius 1 is 1.12 bits per heavy atom. The fraction of sp³-hybridized carbons (Fsp3) is 0.263. The highest BCUT2D eigenvalue weighted by Gasteiger charge is 2.16. The minimum Gasteiger partial charge on any atom is -0.332 e. The first-order chi connectivity index (χ1) is 12.3. The monoisotopic (exact) mass is 351 g/mol. The van der Waals surface area contributed by atoms with Crippen LogP contribution in [0.3, 0.4) is 0 Å². The second-order valence-electron chi connectivity index (χ2n) is 6.42. The first-order valence-corrected chi connectivity index (χ1v) is 8.27. The number of hydrogen-bond acceptors (Lipinski definition) is 4. The van der Waals surface area contributed by atoms with Crippen molar-refractivity contribution in [3.8, 4) is 0 Å². The molecule has 0 saturated carbocycles. The molecule has 0 aliphatic carbocycles. The largest absolute Gasteiger partial charge is 0.332 e. The summed E-state index contributed by atoms with van der Waals surface area (Å²) in [6.45, 7) is 3.97. The van der Waals surface area contributed by atoms with E-state index in [0.29, 0.717) is 11.1 Å². The first-order valence-electron chi connectivity index (χ1n) is 8.27. The first kappa shape index (κ1) is 17.6. The van der Waals surface area contributed by atoms with Crippen molar-refractivity contribution >= 4 is 28.5 Å². The van der Waals surface area contributed by atoms with Gasteiger partial charge in [0.25, 0.3) is 5.91 Å². The fourth-order valence-corrected chi connectivity index (χ4v) is 2.70. The Kier molecular flexibility index (Phi) is 4.71. The van der Waals surface area contributed by atoms with E-state index in [0.717, 1.165) is 22.3 Å². The molecule has 0 spiro atoms. The van der Waals surface area contributed by atoms with Crippen molar-refractivity contribution < 1.29 is 9.59 Å². The lowest BCUT2D eigenvalue weighted by Gasteiger charge is -2.17. The van der Waals surface area contributed by atoms with Crippen LogP contribution in [0.5, 0.6) is 0 Å². The minimum absolute atomic E-state index is 0.0374. The molecule has 7 nitrogen and oxygen atoms in total. The number of fused-ring (bicyclic) bond motifs is 1. The predicted molar refractivity (Wildman–Crippen MR) is 100 cm³/mol. The van der Waals surface area contributed by atoms with Crippen molar-refractivity contribution in [2.75, 3.05) is 18.9 Å². The highest BCUT2D eigenvalue weighted by atomic mass is 16.2. The summed E-state index contributed by atoms with van der Waals surface area (Å²) in [5, 5.41) is 10.8. The summed E-state index contributed by atoms with van der Waals surface area (Å²) in [6, 6.07) is 10.9. The van der Waals surface area contributed by atoms with Gasteiger partial charge in [0.2, 0.25) is 5.91 Å². The molecule has 134 valence electrons. The van der Waals surface area contributed by atoms with E-state index in [-0.39, 0.29) is 18.4 Å². The molecule has 3 aromatic rings. The van der Waals surface area contributed by atoms with Crippen LogP contribution in [-0.4, -0.2) is 45.3 Å². The van der Waals surface area contributed by atoms with Gasteiger partial charge in [-0.1, -0.05) is 11.3 Å². The van der Waals surface area contributed by atoms with Crippen LogP contribution in [-0.2, 0) is 11.8 Å². The Morgan fingerprint density at radius 2 is 1.88 bits per heavy atom. The number of rotatable bonds is 4. The molecular weight excluding hydrogens is 330 g/mol. The Morgan fingerprint density at radius 3 is 2.62 bits per heavy atom. The summed E-state index contributed by atoms with van der Waals surface area (Å²) in [4.78, 5) is 26.2. The zero-order chi connectivity index (χ0) is 18.8. The van der Waals surface area contributed by atoms with E-state index < -0.39 is 0 Å². The number of anilines is 1. The van der Waals surface area contributed by atoms with E-state index in [9.17, 15) is 9.59 Å². The molecule has 2 aromatic carbocycles. The molecule has 3 rings (SSSR count). The van der Waals surface area contributed by atoms with Crippen molar-refractivity contribution in [3.63, 3.8) is 0 Å². The van der Waals surface area contributed by atoms with Crippen LogP contribution in [0.15, 0.2) is 36.4 Å². The Labute approximate surface area is 151 Å². The van der Waals surface area contributed by atoms with E-state index in [1.54, 1.807) is 37.0 Å². The summed E-state index contributed by atoms with van der Waals surface area (Å²) < 4.78 is 1.64. The van der Waals surface area contributed by atoms with Gasteiger partial charge in [-0.25, -0.2) is 4.68 Å². The number of aryl methyl sites for hydroxylation is 3. The number of carbonyl (C=O) groups excluding carboxylic acids is 2. The molecule has 0 fully saturated rings. The molecular formula is C19H21N5O2. The summed E-state index contributed by atoms with van der Waals surface area (Å²) >= 11 is 0. The summed E-state index contributed by atoms with van der Waals surface area (Å²) in [7, 11) is 3.39. The smallest absolute Gasteiger partial charge is 0.254 e. The molecule has 7 heteroatoms. The van der Waals surface area contributed by atoms with Crippen molar-refractivity contribution in [2.24, 2.45) is 7.05 Å². The SMILES string of the molecule is Cc1ccc(NC(=O)CN(C)C(=O)c2ccc3c(c2)nnn3C)cc1C. The molecule has 1 heterocycles. The normalized spacial score (nSPS) is 10.8. The number of likely N-dealkylation sites (N-methyl/N-ethyl adjacent to an activating group) is 1. The van der Waals surface area contributed by atoms with Crippen LogP contribution >= 0.6 is 0 Å². The van der Waals surface area contributed by atoms with Gasteiger partial charge in [0.05, 0.1) is 12.1 Å². The molecule has 0 aliphatic rings. The number of hydrogen-bond donors (Lipinski definition) is 1. The molecule has 0 radical (unpaired) electrons. The number of amides is 2. The average molecular weight is 351 g/mol. The molecule has 1 aromatic heterocycles. The third-order valence-corrected chi connectivity index (χ3v) is 4.38. The number of nitrogens with zero attached hydrogens (tertiary/aromatic N) is 4. The standard InChI is InChI=1S/C19H21N5O2/c1-12-5-7-15(9-13(12)2)20-18(25)11-23(3)19(26)14-6-8-17-16(10-14)21-22-24(17)4/h5-10H,11H2,1-4H3,(H,20,25). The fourth-order valence-electron chi connectivity index (χ4n) is 2.70. The van der Waals surface area contributed by atoms with Crippen LogP contribution < -0.4 is 5.32 Å². The Balaban J connectivity index is 1.67. The molecule has 1 N–H and O–H groups in total. The lowest BCUT2D eigenvalue weighted by atomic mass is 10.1. The highest BCUT2D eigenvalue weighted by molar-refractivity contribution is 6.00. The summed E-state index contributed by atoms with van der Waals surface area (Å²) in [5.74, 6) is -0.488. The maximum Gasteiger partial charge on any atom is 0.254 e. The summed E-state index contributed by atoms with van der Waals surface area (Å²) in [6.07, 6.45) is 0. The van der Waals surface area contributed by atoms with Crippen molar-refractivity contribution in [1.82, 2.24) is 19.9 Å². The van der Waals surface area contributed by atoms with Gasteiger partial charge in [-0.15, -0.1) is 5.10 Å². The highest BCUT2D eigenvalue weighted by Crippen LogP contribution is 2.15. The van der Waals surface area contributed by atoms with Crippen LogP contribution in [0, 0.1) is 13.8 Å².